The lowest BCUT2D eigenvalue weighted by Gasteiger charge is -2.14. The van der Waals surface area contributed by atoms with Crippen molar-refractivity contribution in [2.75, 3.05) is 0 Å². The van der Waals surface area contributed by atoms with Gasteiger partial charge in [-0.3, -0.25) is 0 Å². The van der Waals surface area contributed by atoms with Gasteiger partial charge in [0.25, 0.3) is 0 Å². The highest BCUT2D eigenvalue weighted by Gasteiger charge is 2.17. The zero-order valence-electron chi connectivity index (χ0n) is 14.3. The Morgan fingerprint density at radius 2 is 1.30 bits per heavy atom. The van der Waals surface area contributed by atoms with Crippen molar-refractivity contribution >= 4 is 16.7 Å². The van der Waals surface area contributed by atoms with E-state index in [0.717, 1.165) is 0 Å². The maximum absolute atomic E-state index is 12.5. The molecule has 0 aliphatic heterocycles. The molecule has 0 heterocycles. The van der Waals surface area contributed by atoms with Crippen LogP contribution in [0.15, 0.2) is 91.0 Å². The Kier molecular flexibility index (Phi) is 4.45. The second kappa shape index (κ2) is 7.22. The van der Waals surface area contributed by atoms with Crippen LogP contribution in [0.1, 0.15) is 10.4 Å². The molecule has 0 aliphatic carbocycles. The first kappa shape index (κ1) is 16.7. The number of hydrogen-bond acceptors (Lipinski definition) is 4. The summed E-state index contributed by atoms with van der Waals surface area (Å²) in [5.41, 5.74) is 0.445. The Hall–Kier alpha value is -3.79. The van der Waals surface area contributed by atoms with Crippen LogP contribution in [0.4, 0.5) is 0 Å². The number of para-hydroxylation sites is 1. The van der Waals surface area contributed by atoms with Crippen molar-refractivity contribution < 1.29 is 19.4 Å². The van der Waals surface area contributed by atoms with Crippen LogP contribution >= 0.6 is 0 Å². The van der Waals surface area contributed by atoms with Crippen LogP contribution in [0, 0.1) is 0 Å². The first-order valence-electron chi connectivity index (χ1n) is 8.47. The van der Waals surface area contributed by atoms with Gasteiger partial charge in [-0.25, -0.2) is 4.79 Å². The normalized spacial score (nSPS) is 10.5. The van der Waals surface area contributed by atoms with Gasteiger partial charge in [0, 0.05) is 16.8 Å². The van der Waals surface area contributed by atoms with Crippen LogP contribution in [0.25, 0.3) is 10.8 Å². The lowest BCUT2D eigenvalue weighted by Crippen LogP contribution is -2.08. The number of benzene rings is 4. The minimum Gasteiger partial charge on any atom is -0.504 e. The fraction of sp³-hybridized carbons (Fsp3) is 0. The largest absolute Gasteiger partial charge is 0.504 e. The summed E-state index contributed by atoms with van der Waals surface area (Å²) in [7, 11) is 0. The van der Waals surface area contributed by atoms with E-state index in [0.29, 0.717) is 27.8 Å². The number of phenolic OH excluding ortho intramolecular Hbond substituents is 1. The number of phenols is 1. The van der Waals surface area contributed by atoms with Gasteiger partial charge in [-0.1, -0.05) is 60.7 Å². The van der Waals surface area contributed by atoms with Crippen molar-refractivity contribution in [2.24, 2.45) is 0 Å². The molecule has 0 saturated carbocycles. The highest BCUT2D eigenvalue weighted by atomic mass is 16.5. The molecule has 0 radical (unpaired) electrons. The molecule has 0 bridgehead atoms. The van der Waals surface area contributed by atoms with Crippen LogP contribution in [0.2, 0.25) is 0 Å². The molecule has 4 nitrogen and oxygen atoms in total. The fourth-order valence-electron chi connectivity index (χ4n) is 2.81. The Morgan fingerprint density at radius 3 is 2.00 bits per heavy atom. The van der Waals surface area contributed by atoms with Gasteiger partial charge in [-0.05, 0) is 24.3 Å². The van der Waals surface area contributed by atoms with Crippen molar-refractivity contribution in [3.63, 3.8) is 0 Å². The SMILES string of the molecule is O=C(Oc1cc(Oc2ccccc2)c(O)c2ccccc12)c1ccccc1. The zero-order chi connectivity index (χ0) is 18.6. The first-order valence-corrected chi connectivity index (χ1v) is 8.47. The molecule has 0 aromatic heterocycles. The van der Waals surface area contributed by atoms with E-state index < -0.39 is 5.97 Å². The van der Waals surface area contributed by atoms with E-state index in [1.54, 1.807) is 54.6 Å². The Morgan fingerprint density at radius 1 is 0.704 bits per heavy atom. The monoisotopic (exact) mass is 356 g/mol. The van der Waals surface area contributed by atoms with Gasteiger partial charge in [0.15, 0.2) is 11.5 Å². The molecule has 132 valence electrons. The van der Waals surface area contributed by atoms with Crippen LogP contribution in [-0.2, 0) is 0 Å². The Labute approximate surface area is 156 Å². The first-order chi connectivity index (χ1) is 13.2. The van der Waals surface area contributed by atoms with Gasteiger partial charge in [0.05, 0.1) is 5.56 Å². The third kappa shape index (κ3) is 3.46. The quantitative estimate of drug-likeness (QED) is 0.384. The summed E-state index contributed by atoms with van der Waals surface area (Å²) < 4.78 is 11.4. The van der Waals surface area contributed by atoms with E-state index in [4.69, 9.17) is 9.47 Å². The van der Waals surface area contributed by atoms with E-state index in [-0.39, 0.29) is 11.5 Å². The lowest BCUT2D eigenvalue weighted by molar-refractivity contribution is 0.0737. The molecule has 4 aromatic rings. The molecule has 0 amide bonds. The summed E-state index contributed by atoms with van der Waals surface area (Å²) in [6, 6.07) is 26.6. The van der Waals surface area contributed by atoms with Crippen molar-refractivity contribution in [1.82, 2.24) is 0 Å². The van der Waals surface area contributed by atoms with Crippen LogP contribution in [0.5, 0.6) is 23.0 Å². The fourth-order valence-corrected chi connectivity index (χ4v) is 2.81. The number of carbonyl (C=O) groups is 1. The van der Waals surface area contributed by atoms with Gasteiger partial charge in [-0.15, -0.1) is 0 Å². The van der Waals surface area contributed by atoms with E-state index in [1.807, 2.05) is 30.3 Å². The third-order valence-electron chi connectivity index (χ3n) is 4.13. The molecule has 4 rings (SSSR count). The van der Waals surface area contributed by atoms with Crippen LogP contribution < -0.4 is 9.47 Å². The van der Waals surface area contributed by atoms with Gasteiger partial charge in [0.2, 0.25) is 0 Å². The second-order valence-corrected chi connectivity index (χ2v) is 5.94. The lowest BCUT2D eigenvalue weighted by atomic mass is 10.1. The summed E-state index contributed by atoms with van der Waals surface area (Å²) in [6.45, 7) is 0. The maximum Gasteiger partial charge on any atom is 0.343 e. The molecule has 0 saturated heterocycles. The highest BCUT2D eigenvalue weighted by Crippen LogP contribution is 2.42. The molecule has 0 spiro atoms. The Balaban J connectivity index is 1.77. The highest BCUT2D eigenvalue weighted by molar-refractivity contribution is 5.99. The predicted octanol–water partition coefficient (Wildman–Crippen LogP) is 5.56. The number of carbonyl (C=O) groups excluding carboxylic acids is 1. The molecular formula is C23H16O4. The van der Waals surface area contributed by atoms with Gasteiger partial charge < -0.3 is 14.6 Å². The van der Waals surface area contributed by atoms with Crippen molar-refractivity contribution in [3.8, 4) is 23.0 Å². The minimum absolute atomic E-state index is 0.00559. The molecule has 4 aromatic carbocycles. The molecule has 0 fully saturated rings. The number of hydrogen-bond donors (Lipinski definition) is 1. The standard InChI is InChI=1S/C23H16O4/c24-22-19-14-8-7-13-18(19)20(27-23(25)16-9-3-1-4-10-16)15-21(22)26-17-11-5-2-6-12-17/h1-15,24H. The number of aromatic hydroxyl groups is 1. The van der Waals surface area contributed by atoms with E-state index in [9.17, 15) is 9.90 Å². The van der Waals surface area contributed by atoms with Crippen molar-refractivity contribution in [1.29, 1.82) is 0 Å². The number of ether oxygens (including phenoxy) is 2. The minimum atomic E-state index is -0.475. The molecule has 0 unspecified atom stereocenters. The maximum atomic E-state index is 12.5. The summed E-state index contributed by atoms with van der Waals surface area (Å²) in [6.07, 6.45) is 0. The Bertz CT molecular complexity index is 1090. The number of fused-ring (bicyclic) bond motifs is 1. The van der Waals surface area contributed by atoms with Crippen molar-refractivity contribution in [3.05, 3.63) is 96.6 Å². The smallest absolute Gasteiger partial charge is 0.343 e. The molecule has 4 heteroatoms. The topological polar surface area (TPSA) is 55.8 Å². The molecule has 1 N–H and O–H groups in total. The van der Waals surface area contributed by atoms with E-state index >= 15 is 0 Å². The van der Waals surface area contributed by atoms with Crippen LogP contribution in [-0.4, -0.2) is 11.1 Å². The molecular weight excluding hydrogens is 340 g/mol. The summed E-state index contributed by atoms with van der Waals surface area (Å²) in [5, 5.41) is 11.8. The third-order valence-corrected chi connectivity index (χ3v) is 4.13. The average molecular weight is 356 g/mol. The average Bonchev–Trinajstić information content (AvgIpc) is 2.73. The van der Waals surface area contributed by atoms with Gasteiger partial charge in [0.1, 0.15) is 11.5 Å². The van der Waals surface area contributed by atoms with E-state index in [1.165, 1.54) is 6.07 Å². The molecule has 0 atom stereocenters. The van der Waals surface area contributed by atoms with E-state index in [2.05, 4.69) is 0 Å². The predicted molar refractivity (Wildman–Crippen MR) is 104 cm³/mol. The van der Waals surface area contributed by atoms with Gasteiger partial charge in [-0.2, -0.15) is 0 Å². The number of rotatable bonds is 4. The van der Waals surface area contributed by atoms with Gasteiger partial charge >= 0.3 is 5.97 Å². The zero-order valence-corrected chi connectivity index (χ0v) is 14.3. The van der Waals surface area contributed by atoms with Crippen molar-refractivity contribution in [2.45, 2.75) is 0 Å². The summed E-state index contributed by atoms with van der Waals surface area (Å²) in [4.78, 5) is 12.5. The summed E-state index contributed by atoms with van der Waals surface area (Å²) in [5.74, 6) is 0.633. The van der Waals surface area contributed by atoms with Crippen LogP contribution in [0.3, 0.4) is 0 Å². The second-order valence-electron chi connectivity index (χ2n) is 5.94. The molecule has 27 heavy (non-hydrogen) atoms. The number of esters is 1. The summed E-state index contributed by atoms with van der Waals surface area (Å²) >= 11 is 0. The molecule has 0 aliphatic rings.